The minimum atomic E-state index is -0.582. The molecule has 2 saturated heterocycles. The van der Waals surface area contributed by atoms with Gasteiger partial charge in [-0.1, -0.05) is 17.7 Å². The average molecular weight is 322 g/mol. The lowest BCUT2D eigenvalue weighted by Crippen LogP contribution is -2.48. The third-order valence-corrected chi connectivity index (χ3v) is 4.52. The van der Waals surface area contributed by atoms with Gasteiger partial charge in [0.1, 0.15) is 5.92 Å². The van der Waals surface area contributed by atoms with Gasteiger partial charge in [-0.15, -0.1) is 0 Å². The molecule has 0 aromatic heterocycles. The zero-order valence-corrected chi connectivity index (χ0v) is 13.1. The van der Waals surface area contributed by atoms with Crippen molar-refractivity contribution in [3.05, 3.63) is 29.3 Å². The summed E-state index contributed by atoms with van der Waals surface area (Å²) < 4.78 is 0. The van der Waals surface area contributed by atoms with Gasteiger partial charge in [-0.25, -0.2) is 0 Å². The van der Waals surface area contributed by atoms with Gasteiger partial charge in [0, 0.05) is 29.8 Å². The second-order valence-corrected chi connectivity index (χ2v) is 6.30. The summed E-state index contributed by atoms with van der Waals surface area (Å²) in [7, 11) is 0. The molecule has 0 saturated carbocycles. The van der Waals surface area contributed by atoms with Crippen molar-refractivity contribution in [1.82, 2.24) is 10.6 Å². The summed E-state index contributed by atoms with van der Waals surface area (Å²) in [5.41, 5.74) is 0.757. The van der Waals surface area contributed by atoms with Crippen molar-refractivity contribution in [2.45, 2.75) is 25.3 Å². The van der Waals surface area contributed by atoms with Crippen molar-refractivity contribution >= 4 is 29.1 Å². The standard InChI is InChI=1S/C16H20ClN3O2/c17-11-3-1-5-13(9-11)20-8-6-14(16(20)22)15(21)19-12-4-2-7-18-10-12/h1,3,5,9,12,14,18H,2,4,6-8,10H2,(H,19,21)/t12-,14?/m0/s1. The van der Waals surface area contributed by atoms with Crippen molar-refractivity contribution < 1.29 is 9.59 Å². The maximum Gasteiger partial charge on any atom is 0.239 e. The van der Waals surface area contributed by atoms with Crippen LogP contribution in [0.15, 0.2) is 24.3 Å². The number of nitrogens with zero attached hydrogens (tertiary/aromatic N) is 1. The maximum atomic E-state index is 12.5. The number of anilines is 1. The van der Waals surface area contributed by atoms with Crippen LogP contribution in [-0.2, 0) is 9.59 Å². The number of halogens is 1. The summed E-state index contributed by atoms with van der Waals surface area (Å²) in [6.45, 7) is 2.34. The molecule has 3 rings (SSSR count). The molecule has 2 N–H and O–H groups in total. The average Bonchev–Trinajstić information content (AvgIpc) is 2.90. The normalized spacial score (nSPS) is 25.3. The molecule has 1 aromatic carbocycles. The Kier molecular flexibility index (Phi) is 4.64. The number of piperidine rings is 1. The van der Waals surface area contributed by atoms with E-state index in [4.69, 9.17) is 11.6 Å². The van der Waals surface area contributed by atoms with Crippen molar-refractivity contribution in [3.8, 4) is 0 Å². The van der Waals surface area contributed by atoms with Crippen LogP contribution in [0.2, 0.25) is 5.02 Å². The van der Waals surface area contributed by atoms with Crippen LogP contribution in [0.1, 0.15) is 19.3 Å². The molecule has 0 spiro atoms. The highest BCUT2D eigenvalue weighted by molar-refractivity contribution is 6.31. The van der Waals surface area contributed by atoms with E-state index in [-0.39, 0.29) is 17.9 Å². The van der Waals surface area contributed by atoms with Crippen LogP contribution in [-0.4, -0.2) is 37.5 Å². The first kappa shape index (κ1) is 15.3. The number of benzene rings is 1. The Morgan fingerprint density at radius 1 is 1.36 bits per heavy atom. The van der Waals surface area contributed by atoms with Crippen LogP contribution < -0.4 is 15.5 Å². The summed E-state index contributed by atoms with van der Waals surface area (Å²) in [5.74, 6) is -0.868. The summed E-state index contributed by atoms with van der Waals surface area (Å²) in [5, 5.41) is 6.85. The van der Waals surface area contributed by atoms with Crippen molar-refractivity contribution in [1.29, 1.82) is 0 Å². The van der Waals surface area contributed by atoms with Gasteiger partial charge in [0.05, 0.1) is 0 Å². The molecule has 2 amide bonds. The van der Waals surface area contributed by atoms with Gasteiger partial charge in [0.2, 0.25) is 11.8 Å². The zero-order valence-electron chi connectivity index (χ0n) is 12.3. The van der Waals surface area contributed by atoms with Gasteiger partial charge >= 0.3 is 0 Å². The van der Waals surface area contributed by atoms with E-state index < -0.39 is 5.92 Å². The van der Waals surface area contributed by atoms with Gasteiger partial charge in [0.25, 0.3) is 0 Å². The second-order valence-electron chi connectivity index (χ2n) is 5.86. The van der Waals surface area contributed by atoms with E-state index >= 15 is 0 Å². The molecule has 0 radical (unpaired) electrons. The van der Waals surface area contributed by atoms with Gasteiger partial charge in [-0.2, -0.15) is 0 Å². The second kappa shape index (κ2) is 6.67. The predicted octanol–water partition coefficient (Wildman–Crippen LogP) is 1.56. The molecule has 1 aromatic rings. The number of amides is 2. The van der Waals surface area contributed by atoms with Crippen molar-refractivity contribution in [2.24, 2.45) is 5.92 Å². The van der Waals surface area contributed by atoms with Crippen molar-refractivity contribution in [2.75, 3.05) is 24.5 Å². The van der Waals surface area contributed by atoms with Crippen LogP contribution >= 0.6 is 11.6 Å². The monoisotopic (exact) mass is 321 g/mol. The molecule has 0 aliphatic carbocycles. The Bertz CT molecular complexity index is 572. The number of carbonyl (C=O) groups is 2. The Labute approximate surface area is 135 Å². The van der Waals surface area contributed by atoms with E-state index in [1.807, 2.05) is 12.1 Å². The highest BCUT2D eigenvalue weighted by Gasteiger charge is 2.38. The number of hydrogen-bond acceptors (Lipinski definition) is 3. The molecule has 5 nitrogen and oxygen atoms in total. The molecular weight excluding hydrogens is 302 g/mol. The van der Waals surface area contributed by atoms with E-state index in [0.717, 1.165) is 31.6 Å². The lowest BCUT2D eigenvalue weighted by Gasteiger charge is -2.25. The maximum absolute atomic E-state index is 12.5. The van der Waals surface area contributed by atoms with Gasteiger partial charge in [0.15, 0.2) is 0 Å². The van der Waals surface area contributed by atoms with E-state index in [1.54, 1.807) is 17.0 Å². The highest BCUT2D eigenvalue weighted by atomic mass is 35.5. The fourth-order valence-corrected chi connectivity index (χ4v) is 3.28. The number of carbonyl (C=O) groups excluding carboxylic acids is 2. The molecule has 2 aliphatic rings. The molecule has 6 heteroatoms. The molecule has 1 unspecified atom stereocenters. The molecule has 2 heterocycles. The first-order valence-electron chi connectivity index (χ1n) is 7.73. The lowest BCUT2D eigenvalue weighted by molar-refractivity contribution is -0.132. The van der Waals surface area contributed by atoms with E-state index in [2.05, 4.69) is 10.6 Å². The molecule has 2 fully saturated rings. The highest BCUT2D eigenvalue weighted by Crippen LogP contribution is 2.27. The largest absolute Gasteiger partial charge is 0.351 e. The summed E-state index contributed by atoms with van der Waals surface area (Å²) in [6.07, 6.45) is 2.58. The first-order valence-corrected chi connectivity index (χ1v) is 8.11. The van der Waals surface area contributed by atoms with Crippen LogP contribution in [0.5, 0.6) is 0 Å². The fraction of sp³-hybridized carbons (Fsp3) is 0.500. The Morgan fingerprint density at radius 3 is 2.95 bits per heavy atom. The molecule has 2 aliphatic heterocycles. The van der Waals surface area contributed by atoms with Crippen LogP contribution in [0, 0.1) is 5.92 Å². The Morgan fingerprint density at radius 2 is 2.23 bits per heavy atom. The Balaban J connectivity index is 1.64. The third kappa shape index (κ3) is 3.25. The number of nitrogens with one attached hydrogen (secondary N) is 2. The number of hydrogen-bond donors (Lipinski definition) is 2. The van der Waals surface area contributed by atoms with Crippen LogP contribution in [0.4, 0.5) is 5.69 Å². The summed E-state index contributed by atoms with van der Waals surface area (Å²) in [6, 6.07) is 7.31. The van der Waals surface area contributed by atoms with E-state index in [0.29, 0.717) is 18.0 Å². The van der Waals surface area contributed by atoms with E-state index in [1.165, 1.54) is 0 Å². The van der Waals surface area contributed by atoms with Crippen molar-refractivity contribution in [3.63, 3.8) is 0 Å². The molecule has 118 valence electrons. The topological polar surface area (TPSA) is 61.4 Å². The van der Waals surface area contributed by atoms with Crippen LogP contribution in [0.3, 0.4) is 0 Å². The van der Waals surface area contributed by atoms with Gasteiger partial charge in [-0.05, 0) is 44.0 Å². The lowest BCUT2D eigenvalue weighted by atomic mass is 10.0. The number of rotatable bonds is 3. The summed E-state index contributed by atoms with van der Waals surface area (Å²) >= 11 is 5.97. The molecule has 22 heavy (non-hydrogen) atoms. The fourth-order valence-electron chi connectivity index (χ4n) is 3.10. The molecule has 0 bridgehead atoms. The minimum Gasteiger partial charge on any atom is -0.351 e. The Hall–Kier alpha value is -1.59. The third-order valence-electron chi connectivity index (χ3n) is 4.29. The molecular formula is C16H20ClN3O2. The minimum absolute atomic E-state index is 0.134. The quantitative estimate of drug-likeness (QED) is 0.831. The van der Waals surface area contributed by atoms with E-state index in [9.17, 15) is 9.59 Å². The first-order chi connectivity index (χ1) is 10.6. The van der Waals surface area contributed by atoms with Gasteiger partial charge < -0.3 is 15.5 Å². The van der Waals surface area contributed by atoms with Gasteiger partial charge in [-0.3, -0.25) is 9.59 Å². The molecule has 2 atom stereocenters. The van der Waals surface area contributed by atoms with Crippen LogP contribution in [0.25, 0.3) is 0 Å². The predicted molar refractivity (Wildman–Crippen MR) is 85.9 cm³/mol. The summed E-state index contributed by atoms with van der Waals surface area (Å²) in [4.78, 5) is 26.5. The SMILES string of the molecule is O=C(N[C@H]1CCCNC1)C1CCN(c2cccc(Cl)c2)C1=O. The zero-order chi connectivity index (χ0) is 15.5. The smallest absolute Gasteiger partial charge is 0.239 e.